The van der Waals surface area contributed by atoms with Crippen LogP contribution in [0.1, 0.15) is 26.8 Å². The van der Waals surface area contributed by atoms with Gasteiger partial charge in [0.1, 0.15) is 11.6 Å². The molecular formula is C19H15N5O3S. The van der Waals surface area contributed by atoms with Crippen LogP contribution in [0.5, 0.6) is 5.88 Å². The van der Waals surface area contributed by atoms with Gasteiger partial charge in [-0.3, -0.25) is 15.2 Å². The average Bonchev–Trinajstić information content (AvgIpc) is 3.22. The first-order chi connectivity index (χ1) is 13.4. The van der Waals surface area contributed by atoms with E-state index in [0.717, 1.165) is 15.3 Å². The van der Waals surface area contributed by atoms with Crippen LogP contribution in [0.25, 0.3) is 11.3 Å². The summed E-state index contributed by atoms with van der Waals surface area (Å²) in [6.45, 7) is 3.98. The van der Waals surface area contributed by atoms with Gasteiger partial charge < -0.3 is 10.5 Å². The van der Waals surface area contributed by atoms with Gasteiger partial charge in [0.25, 0.3) is 5.69 Å². The molecule has 1 aliphatic rings. The first-order valence-electron chi connectivity index (χ1n) is 8.39. The number of nitro groups is 1. The van der Waals surface area contributed by atoms with E-state index in [1.54, 1.807) is 29.5 Å². The summed E-state index contributed by atoms with van der Waals surface area (Å²) in [4.78, 5) is 13.3. The van der Waals surface area contributed by atoms with Gasteiger partial charge in [0.05, 0.1) is 22.1 Å². The first-order valence-corrected chi connectivity index (χ1v) is 9.20. The molecule has 0 spiro atoms. The molecule has 1 unspecified atom stereocenters. The third kappa shape index (κ3) is 2.62. The average molecular weight is 393 g/mol. The van der Waals surface area contributed by atoms with Crippen molar-refractivity contribution in [3.05, 3.63) is 72.8 Å². The quantitative estimate of drug-likeness (QED) is 0.513. The Morgan fingerprint density at radius 2 is 2.14 bits per heavy atom. The summed E-state index contributed by atoms with van der Waals surface area (Å²) in [5.41, 5.74) is 8.50. The fraction of sp³-hybridized carbons (Fsp3) is 0.158. The summed E-state index contributed by atoms with van der Waals surface area (Å²) in [6.07, 6.45) is 0. The molecular weight excluding hydrogens is 378 g/mol. The standard InChI is InChI=1S/C19H15N5O3S/c1-9-7-12(10(2)28-9)17-16-15(11-5-3-4-6-14(11)24(25)26)13(8-20)18(21)27-19(16)23-22-17/h3-7,15H,21H2,1-2H3,(H,22,23). The molecule has 3 N–H and O–H groups in total. The van der Waals surface area contributed by atoms with Crippen LogP contribution in [0, 0.1) is 35.3 Å². The lowest BCUT2D eigenvalue weighted by Gasteiger charge is -2.23. The number of nitriles is 1. The summed E-state index contributed by atoms with van der Waals surface area (Å²) in [5.74, 6) is -0.643. The zero-order chi connectivity index (χ0) is 20.0. The van der Waals surface area contributed by atoms with E-state index in [9.17, 15) is 15.4 Å². The van der Waals surface area contributed by atoms with Crippen LogP contribution in [0.4, 0.5) is 5.69 Å². The van der Waals surface area contributed by atoms with Crippen LogP contribution in [-0.2, 0) is 0 Å². The number of nitro benzene ring substituents is 1. The second-order valence-corrected chi connectivity index (χ2v) is 7.85. The molecule has 3 heterocycles. The molecule has 0 saturated carbocycles. The number of nitrogens with two attached hydrogens (primary N) is 1. The van der Waals surface area contributed by atoms with Crippen molar-refractivity contribution in [1.29, 1.82) is 5.26 Å². The Labute approximate surface area is 164 Å². The van der Waals surface area contributed by atoms with Crippen LogP contribution in [-0.4, -0.2) is 15.1 Å². The Morgan fingerprint density at radius 1 is 1.39 bits per heavy atom. The van der Waals surface area contributed by atoms with Crippen molar-refractivity contribution >= 4 is 17.0 Å². The number of benzene rings is 1. The van der Waals surface area contributed by atoms with Crippen molar-refractivity contribution in [3.8, 4) is 23.2 Å². The number of allylic oxidation sites excluding steroid dienone is 1. The molecule has 4 rings (SSSR count). The highest BCUT2D eigenvalue weighted by molar-refractivity contribution is 7.12. The normalized spacial score (nSPS) is 15.7. The lowest BCUT2D eigenvalue weighted by atomic mass is 9.82. The predicted molar refractivity (Wildman–Crippen MR) is 104 cm³/mol. The smallest absolute Gasteiger partial charge is 0.273 e. The molecule has 0 bridgehead atoms. The van der Waals surface area contributed by atoms with E-state index in [1.807, 2.05) is 19.9 Å². The zero-order valence-corrected chi connectivity index (χ0v) is 15.8. The molecule has 140 valence electrons. The van der Waals surface area contributed by atoms with Crippen molar-refractivity contribution in [2.75, 3.05) is 0 Å². The van der Waals surface area contributed by atoms with Gasteiger partial charge in [0.2, 0.25) is 11.8 Å². The maximum atomic E-state index is 11.6. The van der Waals surface area contributed by atoms with E-state index in [2.05, 4.69) is 16.3 Å². The second-order valence-electron chi connectivity index (χ2n) is 6.39. The largest absolute Gasteiger partial charge is 0.420 e. The third-order valence-corrected chi connectivity index (χ3v) is 5.66. The van der Waals surface area contributed by atoms with Crippen LogP contribution in [0.3, 0.4) is 0 Å². The Bertz CT molecular complexity index is 1180. The van der Waals surface area contributed by atoms with Gasteiger partial charge >= 0.3 is 0 Å². The fourth-order valence-corrected chi connectivity index (χ4v) is 4.47. The molecule has 0 saturated heterocycles. The summed E-state index contributed by atoms with van der Waals surface area (Å²) in [6, 6.07) is 10.4. The maximum Gasteiger partial charge on any atom is 0.273 e. The molecule has 9 heteroatoms. The number of hydrogen-bond acceptors (Lipinski definition) is 7. The highest BCUT2D eigenvalue weighted by Gasteiger charge is 2.39. The number of H-pyrrole nitrogens is 1. The molecule has 28 heavy (non-hydrogen) atoms. The van der Waals surface area contributed by atoms with Crippen LogP contribution >= 0.6 is 11.3 Å². The van der Waals surface area contributed by atoms with E-state index in [-0.39, 0.29) is 23.0 Å². The van der Waals surface area contributed by atoms with Gasteiger partial charge in [0.15, 0.2) is 0 Å². The van der Waals surface area contributed by atoms with Crippen molar-refractivity contribution in [3.63, 3.8) is 0 Å². The monoisotopic (exact) mass is 393 g/mol. The number of hydrogen-bond donors (Lipinski definition) is 2. The molecule has 1 aromatic carbocycles. The van der Waals surface area contributed by atoms with Crippen molar-refractivity contribution in [2.24, 2.45) is 5.73 Å². The molecule has 1 atom stereocenters. The lowest BCUT2D eigenvalue weighted by molar-refractivity contribution is -0.385. The zero-order valence-electron chi connectivity index (χ0n) is 15.0. The minimum absolute atomic E-state index is 0.0914. The summed E-state index contributed by atoms with van der Waals surface area (Å²) < 4.78 is 5.56. The minimum Gasteiger partial charge on any atom is -0.420 e. The van der Waals surface area contributed by atoms with Crippen molar-refractivity contribution < 1.29 is 9.66 Å². The number of nitrogens with one attached hydrogen (secondary N) is 1. The van der Waals surface area contributed by atoms with Crippen LogP contribution < -0.4 is 10.5 Å². The topological polar surface area (TPSA) is 131 Å². The fourth-order valence-electron chi connectivity index (χ4n) is 3.54. The molecule has 0 radical (unpaired) electrons. The maximum absolute atomic E-state index is 11.6. The van der Waals surface area contributed by atoms with Crippen LogP contribution in [0.15, 0.2) is 41.8 Å². The van der Waals surface area contributed by atoms with Crippen LogP contribution in [0.2, 0.25) is 0 Å². The minimum atomic E-state index is -0.760. The van der Waals surface area contributed by atoms with E-state index in [1.165, 1.54) is 6.07 Å². The highest BCUT2D eigenvalue weighted by Crippen LogP contribution is 2.48. The SMILES string of the molecule is Cc1cc(-c2[nH]nc3c2C(c2ccccc2[N+](=O)[O-])C(C#N)=C(N)O3)c(C)s1. The number of aromatic amines is 1. The third-order valence-electron chi connectivity index (χ3n) is 4.69. The molecule has 0 aliphatic carbocycles. The number of nitrogens with zero attached hydrogens (tertiary/aromatic N) is 3. The summed E-state index contributed by atoms with van der Waals surface area (Å²) in [5, 5.41) is 28.6. The summed E-state index contributed by atoms with van der Waals surface area (Å²) in [7, 11) is 0. The first kappa shape index (κ1) is 17.8. The molecule has 0 fully saturated rings. The predicted octanol–water partition coefficient (Wildman–Crippen LogP) is 3.88. The number of rotatable bonds is 3. The Morgan fingerprint density at radius 3 is 2.79 bits per heavy atom. The summed E-state index contributed by atoms with van der Waals surface area (Å²) >= 11 is 1.63. The number of fused-ring (bicyclic) bond motifs is 1. The van der Waals surface area contributed by atoms with E-state index >= 15 is 0 Å². The van der Waals surface area contributed by atoms with Gasteiger partial charge in [-0.1, -0.05) is 18.2 Å². The van der Waals surface area contributed by atoms with Crippen molar-refractivity contribution in [1.82, 2.24) is 10.2 Å². The highest BCUT2D eigenvalue weighted by atomic mass is 32.1. The number of aromatic nitrogens is 2. The van der Waals surface area contributed by atoms with Crippen molar-refractivity contribution in [2.45, 2.75) is 19.8 Å². The molecule has 8 nitrogen and oxygen atoms in total. The number of thiophene rings is 1. The Hall–Kier alpha value is -3.64. The Balaban J connectivity index is 2.02. The molecule has 3 aromatic rings. The second kappa shape index (κ2) is 6.51. The van der Waals surface area contributed by atoms with E-state index in [4.69, 9.17) is 10.5 Å². The van der Waals surface area contributed by atoms with E-state index in [0.29, 0.717) is 16.8 Å². The van der Waals surface area contributed by atoms with Gasteiger partial charge in [0, 0.05) is 26.9 Å². The van der Waals surface area contributed by atoms with Gasteiger partial charge in [-0.05, 0) is 19.9 Å². The number of ether oxygens (including phenoxy) is 1. The van der Waals surface area contributed by atoms with Gasteiger partial charge in [-0.15, -0.1) is 16.4 Å². The molecule has 0 amide bonds. The van der Waals surface area contributed by atoms with Gasteiger partial charge in [-0.25, -0.2) is 0 Å². The Kier molecular flexibility index (Phi) is 4.13. The number of aryl methyl sites for hydroxylation is 2. The lowest BCUT2D eigenvalue weighted by Crippen LogP contribution is -2.21. The molecule has 1 aliphatic heterocycles. The molecule has 2 aromatic heterocycles. The van der Waals surface area contributed by atoms with E-state index < -0.39 is 10.8 Å². The van der Waals surface area contributed by atoms with Gasteiger partial charge in [-0.2, -0.15) is 5.26 Å². The number of para-hydroxylation sites is 1.